The standard InChI is InChI=1S/C40H44N4O9S/c1-21-38(54-22(2)41-21)29-13-8-24-18-25(9-12-28(24)42-29)33-32(23-6-4-3-5-7-23)27-11-10-26(52-40-36(48)34(46)35(47)37(53-40)39(49)50)19-30(27)44(33)20-31(45)43-14-16-51-17-15-43/h8-13,18-19,23,34-37,40,46-48H,3-7,14-17,20H2,1-2H3,(H,49,50)/t34-,35-,36+,37-,40+/m0/s1. The van der Waals surface area contributed by atoms with Gasteiger partial charge in [-0.25, -0.2) is 14.8 Å². The van der Waals surface area contributed by atoms with Crippen molar-refractivity contribution in [2.24, 2.45) is 0 Å². The number of aliphatic hydroxyl groups excluding tert-OH is 3. The van der Waals surface area contributed by atoms with Gasteiger partial charge in [0.1, 0.15) is 30.6 Å². The number of fused-ring (bicyclic) bond motifs is 2. The first-order valence-corrected chi connectivity index (χ1v) is 19.4. The molecule has 2 aromatic carbocycles. The summed E-state index contributed by atoms with van der Waals surface area (Å²) in [7, 11) is 0. The lowest BCUT2D eigenvalue weighted by atomic mass is 9.81. The van der Waals surface area contributed by atoms with E-state index in [1.165, 1.54) is 6.42 Å². The number of pyridine rings is 1. The van der Waals surface area contributed by atoms with Crippen molar-refractivity contribution in [3.63, 3.8) is 0 Å². The summed E-state index contributed by atoms with van der Waals surface area (Å²) >= 11 is 1.63. The Bertz CT molecular complexity index is 2210. The Kier molecular flexibility index (Phi) is 10.2. The van der Waals surface area contributed by atoms with Crippen molar-refractivity contribution >= 4 is 45.0 Å². The van der Waals surface area contributed by atoms with Crippen molar-refractivity contribution in [2.75, 3.05) is 26.3 Å². The Morgan fingerprint density at radius 1 is 0.926 bits per heavy atom. The van der Waals surface area contributed by atoms with Crippen LogP contribution in [0, 0.1) is 13.8 Å². The van der Waals surface area contributed by atoms with Crippen LogP contribution in [0.4, 0.5) is 0 Å². The molecule has 1 amide bonds. The second-order valence-corrected chi connectivity index (χ2v) is 15.7. The smallest absolute Gasteiger partial charge is 0.335 e. The number of amides is 1. The predicted molar refractivity (Wildman–Crippen MR) is 201 cm³/mol. The van der Waals surface area contributed by atoms with Crippen LogP contribution in [0.1, 0.15) is 54.3 Å². The van der Waals surface area contributed by atoms with Crippen LogP contribution in [0.15, 0.2) is 48.5 Å². The molecule has 0 bridgehead atoms. The van der Waals surface area contributed by atoms with E-state index >= 15 is 0 Å². The first-order valence-electron chi connectivity index (χ1n) is 18.5. The molecule has 284 valence electrons. The lowest BCUT2D eigenvalue weighted by Crippen LogP contribution is -2.61. The molecule has 2 aliphatic heterocycles. The maximum absolute atomic E-state index is 14.0. The van der Waals surface area contributed by atoms with E-state index in [0.29, 0.717) is 26.3 Å². The molecule has 5 atom stereocenters. The predicted octanol–water partition coefficient (Wildman–Crippen LogP) is 4.77. The van der Waals surface area contributed by atoms with Crippen molar-refractivity contribution in [3.05, 3.63) is 64.8 Å². The summed E-state index contributed by atoms with van der Waals surface area (Å²) in [6.07, 6.45) is -3.36. The van der Waals surface area contributed by atoms with Crippen LogP contribution in [-0.4, -0.2) is 109 Å². The van der Waals surface area contributed by atoms with E-state index in [1.807, 2.05) is 41.5 Å². The van der Waals surface area contributed by atoms with E-state index in [2.05, 4.69) is 23.2 Å². The number of carbonyl (C=O) groups is 2. The summed E-state index contributed by atoms with van der Waals surface area (Å²) in [5.41, 5.74) is 6.46. The van der Waals surface area contributed by atoms with Crippen molar-refractivity contribution < 1.29 is 44.2 Å². The molecule has 3 aliphatic rings. The van der Waals surface area contributed by atoms with Crippen molar-refractivity contribution in [1.82, 2.24) is 19.4 Å². The number of rotatable bonds is 8. The number of carbonyl (C=O) groups excluding carboxylic acids is 1. The highest BCUT2D eigenvalue weighted by Crippen LogP contribution is 2.46. The van der Waals surface area contributed by atoms with Gasteiger partial charge in [-0.1, -0.05) is 31.4 Å². The van der Waals surface area contributed by atoms with Crippen LogP contribution in [0.3, 0.4) is 0 Å². The lowest BCUT2D eigenvalue weighted by Gasteiger charge is -2.38. The summed E-state index contributed by atoms with van der Waals surface area (Å²) in [5, 5.41) is 43.9. The van der Waals surface area contributed by atoms with Crippen LogP contribution in [0.25, 0.3) is 43.6 Å². The molecule has 0 spiro atoms. The number of nitrogens with zero attached hydrogens (tertiary/aromatic N) is 4. The van der Waals surface area contributed by atoms with Gasteiger partial charge < -0.3 is 44.1 Å². The summed E-state index contributed by atoms with van der Waals surface area (Å²) < 4.78 is 19.0. The number of aryl methyl sites for hydroxylation is 2. The number of carboxylic acids is 1. The number of aromatic nitrogens is 3. The van der Waals surface area contributed by atoms with E-state index in [4.69, 9.17) is 19.2 Å². The van der Waals surface area contributed by atoms with Crippen molar-refractivity contribution in [1.29, 1.82) is 0 Å². The molecule has 5 aromatic rings. The second kappa shape index (κ2) is 15.0. The van der Waals surface area contributed by atoms with Gasteiger partial charge in [0.15, 0.2) is 6.10 Å². The minimum Gasteiger partial charge on any atom is -0.479 e. The third kappa shape index (κ3) is 6.86. The highest BCUT2D eigenvalue weighted by molar-refractivity contribution is 7.15. The Morgan fingerprint density at radius 2 is 1.70 bits per heavy atom. The fourth-order valence-electron chi connectivity index (χ4n) is 8.21. The van der Waals surface area contributed by atoms with Gasteiger partial charge in [0.25, 0.3) is 0 Å². The maximum atomic E-state index is 14.0. The van der Waals surface area contributed by atoms with Crippen LogP contribution in [0.5, 0.6) is 5.75 Å². The van der Waals surface area contributed by atoms with Crippen molar-refractivity contribution in [2.45, 2.75) is 89.1 Å². The zero-order chi connectivity index (χ0) is 37.7. The van der Waals surface area contributed by atoms with Gasteiger partial charge in [0.05, 0.1) is 51.2 Å². The van der Waals surface area contributed by atoms with Crippen LogP contribution in [-0.2, 0) is 25.6 Å². The van der Waals surface area contributed by atoms with Gasteiger partial charge in [-0.05, 0) is 74.1 Å². The SMILES string of the molecule is Cc1nc(C)c(-c2ccc3cc(-c4c(C5CCCCC5)c5ccc(O[C@@H]6O[C@H](C(=O)O)[C@@H](O)[C@H](O)[C@H]6O)cc5n4CC(=O)N4CCOCC4)ccc3n2)s1. The Morgan fingerprint density at radius 3 is 2.43 bits per heavy atom. The average molecular weight is 757 g/mol. The van der Waals surface area contributed by atoms with Gasteiger partial charge in [-0.15, -0.1) is 11.3 Å². The normalized spacial score (nSPS) is 23.9. The highest BCUT2D eigenvalue weighted by atomic mass is 32.1. The molecule has 0 radical (unpaired) electrons. The summed E-state index contributed by atoms with van der Waals surface area (Å²) in [5.74, 6) is -1.06. The van der Waals surface area contributed by atoms with E-state index in [9.17, 15) is 30.0 Å². The van der Waals surface area contributed by atoms with Crippen LogP contribution >= 0.6 is 11.3 Å². The number of aliphatic hydroxyl groups is 3. The summed E-state index contributed by atoms with van der Waals surface area (Å²) in [6.45, 7) is 5.98. The summed E-state index contributed by atoms with van der Waals surface area (Å²) in [6, 6.07) is 15.8. The van der Waals surface area contributed by atoms with E-state index in [1.54, 1.807) is 23.5 Å². The van der Waals surface area contributed by atoms with Gasteiger partial charge in [-0.2, -0.15) is 0 Å². The lowest BCUT2D eigenvalue weighted by molar-refractivity contribution is -0.271. The van der Waals surface area contributed by atoms with E-state index < -0.39 is 36.7 Å². The quantitative estimate of drug-likeness (QED) is 0.172. The third-order valence-electron chi connectivity index (χ3n) is 10.9. The van der Waals surface area contributed by atoms with Gasteiger partial charge >= 0.3 is 5.97 Å². The number of thiazole rings is 1. The maximum Gasteiger partial charge on any atom is 0.335 e. The minimum atomic E-state index is -1.84. The molecule has 4 N–H and O–H groups in total. The Hall–Kier alpha value is -4.44. The molecule has 3 aromatic heterocycles. The monoisotopic (exact) mass is 756 g/mol. The molecule has 0 unspecified atom stereocenters. The van der Waals surface area contributed by atoms with Crippen LogP contribution in [0.2, 0.25) is 0 Å². The molecule has 1 saturated carbocycles. The van der Waals surface area contributed by atoms with E-state index in [-0.39, 0.29) is 24.1 Å². The molecular formula is C40H44N4O9S. The number of morpholine rings is 1. The number of hydrogen-bond acceptors (Lipinski definition) is 11. The minimum absolute atomic E-state index is 0.0484. The third-order valence-corrected chi connectivity index (χ3v) is 12.0. The molecule has 13 nitrogen and oxygen atoms in total. The zero-order valence-corrected chi connectivity index (χ0v) is 31.0. The number of aliphatic carboxylic acids is 1. The Labute approximate surface area is 315 Å². The fourth-order valence-corrected chi connectivity index (χ4v) is 9.10. The molecule has 3 fully saturated rings. The molecular weight excluding hydrogens is 713 g/mol. The number of ether oxygens (including phenoxy) is 3. The van der Waals surface area contributed by atoms with Crippen molar-refractivity contribution in [3.8, 4) is 27.6 Å². The molecule has 54 heavy (non-hydrogen) atoms. The first kappa shape index (κ1) is 36.5. The van der Waals surface area contributed by atoms with Crippen LogP contribution < -0.4 is 4.74 Å². The molecule has 5 heterocycles. The fraction of sp³-hybridized carbons (Fsp3) is 0.450. The van der Waals surface area contributed by atoms with Gasteiger partial charge in [0, 0.05) is 29.9 Å². The number of benzene rings is 2. The number of carboxylic acid groups (broad SMARTS) is 1. The topological polar surface area (TPSA) is 177 Å². The highest BCUT2D eigenvalue weighted by Gasteiger charge is 2.48. The largest absolute Gasteiger partial charge is 0.479 e. The van der Waals surface area contributed by atoms with Gasteiger partial charge in [-0.3, -0.25) is 4.79 Å². The average Bonchev–Trinajstić information content (AvgIpc) is 3.69. The molecule has 8 rings (SSSR count). The molecule has 14 heteroatoms. The molecule has 2 saturated heterocycles. The molecule has 1 aliphatic carbocycles. The first-order chi connectivity index (χ1) is 26.1. The zero-order valence-electron chi connectivity index (χ0n) is 30.2. The van der Waals surface area contributed by atoms with E-state index in [0.717, 1.165) is 85.6 Å². The summed E-state index contributed by atoms with van der Waals surface area (Å²) in [4.78, 5) is 38.3. The number of hydrogen-bond donors (Lipinski definition) is 4. The van der Waals surface area contributed by atoms with Gasteiger partial charge in [0.2, 0.25) is 12.2 Å². The Balaban J connectivity index is 1.26. The second-order valence-electron chi connectivity index (χ2n) is 14.5.